The Morgan fingerprint density at radius 1 is 1.30 bits per heavy atom. The molecule has 6 heteroatoms. The Morgan fingerprint density at radius 2 is 2.00 bits per heavy atom. The molecule has 0 bridgehead atoms. The van der Waals surface area contributed by atoms with E-state index in [4.69, 9.17) is 4.52 Å². The van der Waals surface area contributed by atoms with Crippen LogP contribution in [0.3, 0.4) is 0 Å². The van der Waals surface area contributed by atoms with E-state index in [2.05, 4.69) is 15.5 Å². The number of hydrogen-bond acceptors (Lipinski definition) is 5. The third kappa shape index (κ3) is 3.80. The topological polar surface area (TPSA) is 51.0 Å². The van der Waals surface area contributed by atoms with Crippen molar-refractivity contribution in [2.24, 2.45) is 0 Å². The monoisotopic (exact) mass is 295 g/mol. The highest BCUT2D eigenvalue weighted by Crippen LogP contribution is 2.23. The third-order valence-electron chi connectivity index (χ3n) is 2.80. The number of thioether (sulfide) groups is 1. The first-order chi connectivity index (χ1) is 9.51. The highest BCUT2D eigenvalue weighted by atomic mass is 32.2. The Kier molecular flexibility index (Phi) is 4.77. The molecule has 0 saturated heterocycles. The van der Waals surface area contributed by atoms with Gasteiger partial charge in [0.1, 0.15) is 5.82 Å². The second-order valence-corrected chi connectivity index (χ2v) is 5.96. The van der Waals surface area contributed by atoms with Crippen molar-refractivity contribution in [2.45, 2.75) is 37.0 Å². The molecule has 0 aliphatic rings. The summed E-state index contributed by atoms with van der Waals surface area (Å²) < 4.78 is 18.1. The Hall–Kier alpha value is -1.40. The number of benzene rings is 1. The largest absolute Gasteiger partial charge is 0.337 e. The standard InChI is InChI=1S/C14H18FN3OS/c1-4-16-14(2,3)13-17-12(18-19-13)9-20-11-7-5-10(15)6-8-11/h5-8,16H,4,9H2,1-3H3. The van der Waals surface area contributed by atoms with Crippen LogP contribution in [-0.2, 0) is 11.3 Å². The lowest BCUT2D eigenvalue weighted by atomic mass is 10.1. The maximum atomic E-state index is 12.8. The van der Waals surface area contributed by atoms with E-state index in [1.807, 2.05) is 20.8 Å². The Labute approximate surface area is 122 Å². The molecular formula is C14H18FN3OS. The van der Waals surface area contributed by atoms with E-state index in [1.54, 1.807) is 23.9 Å². The summed E-state index contributed by atoms with van der Waals surface area (Å²) in [4.78, 5) is 5.37. The van der Waals surface area contributed by atoms with E-state index in [-0.39, 0.29) is 11.4 Å². The smallest absolute Gasteiger partial charge is 0.246 e. The van der Waals surface area contributed by atoms with E-state index in [1.165, 1.54) is 12.1 Å². The molecule has 0 aliphatic carbocycles. The average molecular weight is 295 g/mol. The first-order valence-corrected chi connectivity index (χ1v) is 7.46. The van der Waals surface area contributed by atoms with Gasteiger partial charge in [0.2, 0.25) is 5.89 Å². The molecule has 108 valence electrons. The molecule has 0 spiro atoms. The number of aromatic nitrogens is 2. The van der Waals surface area contributed by atoms with Gasteiger partial charge in [-0.3, -0.25) is 0 Å². The maximum Gasteiger partial charge on any atom is 0.246 e. The van der Waals surface area contributed by atoms with Crippen molar-refractivity contribution in [2.75, 3.05) is 6.54 Å². The molecule has 2 aromatic rings. The van der Waals surface area contributed by atoms with Gasteiger partial charge in [-0.15, -0.1) is 11.8 Å². The number of rotatable bonds is 6. The quantitative estimate of drug-likeness (QED) is 0.828. The van der Waals surface area contributed by atoms with Crippen molar-refractivity contribution >= 4 is 11.8 Å². The lowest BCUT2D eigenvalue weighted by molar-refractivity contribution is 0.271. The number of hydrogen-bond donors (Lipinski definition) is 1. The molecule has 1 aromatic heterocycles. The molecule has 0 aliphatic heterocycles. The van der Waals surface area contributed by atoms with Crippen molar-refractivity contribution in [1.82, 2.24) is 15.5 Å². The minimum absolute atomic E-state index is 0.233. The summed E-state index contributed by atoms with van der Waals surface area (Å²) in [6.45, 7) is 6.86. The number of halogens is 1. The lowest BCUT2D eigenvalue weighted by Gasteiger charge is -2.20. The summed E-state index contributed by atoms with van der Waals surface area (Å²) in [6.07, 6.45) is 0. The van der Waals surface area contributed by atoms with Gasteiger partial charge in [-0.25, -0.2) is 4.39 Å². The van der Waals surface area contributed by atoms with E-state index in [0.717, 1.165) is 11.4 Å². The van der Waals surface area contributed by atoms with Gasteiger partial charge in [-0.2, -0.15) is 4.98 Å². The fourth-order valence-electron chi connectivity index (χ4n) is 1.76. The van der Waals surface area contributed by atoms with Crippen molar-refractivity contribution in [3.8, 4) is 0 Å². The predicted octanol–water partition coefficient (Wildman–Crippen LogP) is 3.35. The van der Waals surface area contributed by atoms with E-state index in [9.17, 15) is 4.39 Å². The molecular weight excluding hydrogens is 277 g/mol. The normalized spacial score (nSPS) is 11.8. The fraction of sp³-hybridized carbons (Fsp3) is 0.429. The lowest BCUT2D eigenvalue weighted by Crippen LogP contribution is -2.36. The molecule has 0 fully saturated rings. The van der Waals surface area contributed by atoms with Crippen LogP contribution in [0.15, 0.2) is 33.7 Å². The molecule has 1 aromatic carbocycles. The highest BCUT2D eigenvalue weighted by Gasteiger charge is 2.26. The van der Waals surface area contributed by atoms with Gasteiger partial charge in [0, 0.05) is 4.90 Å². The van der Waals surface area contributed by atoms with Crippen molar-refractivity contribution in [1.29, 1.82) is 0 Å². The molecule has 4 nitrogen and oxygen atoms in total. The molecule has 2 rings (SSSR count). The van der Waals surface area contributed by atoms with Crippen LogP contribution >= 0.6 is 11.8 Å². The third-order valence-corrected chi connectivity index (χ3v) is 3.81. The molecule has 0 saturated carbocycles. The summed E-state index contributed by atoms with van der Waals surface area (Å²) in [5.74, 6) is 1.58. The molecule has 0 radical (unpaired) electrons. The van der Waals surface area contributed by atoms with Crippen molar-refractivity contribution in [3.05, 3.63) is 41.8 Å². The van der Waals surface area contributed by atoms with Crippen LogP contribution in [-0.4, -0.2) is 16.7 Å². The summed E-state index contributed by atoms with van der Waals surface area (Å²) >= 11 is 1.55. The molecule has 20 heavy (non-hydrogen) atoms. The van der Waals surface area contributed by atoms with Crippen LogP contribution in [0.25, 0.3) is 0 Å². The molecule has 0 amide bonds. The minimum Gasteiger partial charge on any atom is -0.337 e. The van der Waals surface area contributed by atoms with Crippen LogP contribution in [0.1, 0.15) is 32.5 Å². The van der Waals surface area contributed by atoms with Gasteiger partial charge in [-0.05, 0) is 44.7 Å². The Morgan fingerprint density at radius 3 is 2.65 bits per heavy atom. The van der Waals surface area contributed by atoms with Crippen LogP contribution in [0.5, 0.6) is 0 Å². The summed E-state index contributed by atoms with van der Waals surface area (Å²) in [5.41, 5.74) is -0.333. The van der Waals surface area contributed by atoms with Crippen molar-refractivity contribution in [3.63, 3.8) is 0 Å². The van der Waals surface area contributed by atoms with Gasteiger partial charge >= 0.3 is 0 Å². The fourth-order valence-corrected chi connectivity index (χ4v) is 2.50. The Bertz CT molecular complexity index is 554. The van der Waals surface area contributed by atoms with Crippen molar-refractivity contribution < 1.29 is 8.91 Å². The van der Waals surface area contributed by atoms with Gasteiger partial charge in [0.05, 0.1) is 11.3 Å². The molecule has 1 heterocycles. The summed E-state index contributed by atoms with van der Waals surface area (Å²) in [5, 5.41) is 7.26. The summed E-state index contributed by atoms with van der Waals surface area (Å²) in [6, 6.07) is 6.36. The van der Waals surface area contributed by atoms with Gasteiger partial charge in [-0.1, -0.05) is 12.1 Å². The predicted molar refractivity (Wildman–Crippen MR) is 77.0 cm³/mol. The number of nitrogens with one attached hydrogen (secondary N) is 1. The average Bonchev–Trinajstić information content (AvgIpc) is 2.88. The first kappa shape index (κ1) is 15.0. The summed E-state index contributed by atoms with van der Waals surface area (Å²) in [7, 11) is 0. The highest BCUT2D eigenvalue weighted by molar-refractivity contribution is 7.98. The van der Waals surface area contributed by atoms with Gasteiger partial charge in [0.25, 0.3) is 0 Å². The van der Waals surface area contributed by atoms with E-state index >= 15 is 0 Å². The maximum absolute atomic E-state index is 12.8. The van der Waals surface area contributed by atoms with E-state index < -0.39 is 0 Å². The van der Waals surface area contributed by atoms with E-state index in [0.29, 0.717) is 17.5 Å². The molecule has 1 N–H and O–H groups in total. The first-order valence-electron chi connectivity index (χ1n) is 6.47. The second-order valence-electron chi connectivity index (χ2n) is 4.91. The minimum atomic E-state index is -0.333. The SMILES string of the molecule is CCNC(C)(C)c1nc(CSc2ccc(F)cc2)no1. The zero-order valence-corrected chi connectivity index (χ0v) is 12.6. The zero-order chi connectivity index (χ0) is 14.6. The van der Waals surface area contributed by atoms with Crippen LogP contribution in [0.4, 0.5) is 4.39 Å². The molecule has 0 unspecified atom stereocenters. The molecule has 0 atom stereocenters. The van der Waals surface area contributed by atoms with Crippen LogP contribution in [0, 0.1) is 5.82 Å². The zero-order valence-electron chi connectivity index (χ0n) is 11.8. The van der Waals surface area contributed by atoms with Crippen LogP contribution in [0.2, 0.25) is 0 Å². The Balaban J connectivity index is 1.97. The van der Waals surface area contributed by atoms with Crippen LogP contribution < -0.4 is 5.32 Å². The van der Waals surface area contributed by atoms with Gasteiger partial charge < -0.3 is 9.84 Å². The van der Waals surface area contributed by atoms with Gasteiger partial charge in [0.15, 0.2) is 5.82 Å². The second kappa shape index (κ2) is 6.37. The number of nitrogens with zero attached hydrogens (tertiary/aromatic N) is 2.